The molecule has 8 heteroatoms. The molecule has 0 radical (unpaired) electrons. The third-order valence-electron chi connectivity index (χ3n) is 2.47. The molecular weight excluding hydrogens is 293 g/mol. The second-order valence-corrected chi connectivity index (χ2v) is 4.26. The fraction of sp³-hybridized carbons (Fsp3) is 0.167. The lowest BCUT2D eigenvalue weighted by atomic mass is 10.2. The SMILES string of the molecule is CNc1cc(Nc2ccc(Cl)c(C(F)(F)F)c2)ncn1. The molecule has 20 heavy (non-hydrogen) atoms. The Balaban J connectivity index is 2.30. The van der Waals surface area contributed by atoms with E-state index in [-0.39, 0.29) is 10.7 Å². The lowest BCUT2D eigenvalue weighted by Gasteiger charge is -2.12. The Labute approximate surface area is 118 Å². The molecule has 2 rings (SSSR count). The van der Waals surface area contributed by atoms with Gasteiger partial charge in [0.2, 0.25) is 0 Å². The summed E-state index contributed by atoms with van der Waals surface area (Å²) < 4.78 is 38.2. The van der Waals surface area contributed by atoms with Crippen LogP contribution in [0.4, 0.5) is 30.5 Å². The van der Waals surface area contributed by atoms with Gasteiger partial charge >= 0.3 is 6.18 Å². The first-order valence-electron chi connectivity index (χ1n) is 5.53. The van der Waals surface area contributed by atoms with E-state index in [4.69, 9.17) is 11.6 Å². The zero-order valence-corrected chi connectivity index (χ0v) is 11.0. The highest BCUT2D eigenvalue weighted by molar-refractivity contribution is 6.31. The molecule has 1 aromatic carbocycles. The summed E-state index contributed by atoms with van der Waals surface area (Å²) in [5.74, 6) is 0.923. The van der Waals surface area contributed by atoms with E-state index >= 15 is 0 Å². The minimum absolute atomic E-state index is 0.238. The summed E-state index contributed by atoms with van der Waals surface area (Å²) in [6, 6.07) is 5.14. The van der Waals surface area contributed by atoms with Crippen molar-refractivity contribution in [3.8, 4) is 0 Å². The minimum atomic E-state index is -4.50. The number of halogens is 4. The predicted octanol–water partition coefficient (Wildman–Crippen LogP) is 3.93. The largest absolute Gasteiger partial charge is 0.417 e. The van der Waals surface area contributed by atoms with E-state index in [1.165, 1.54) is 18.5 Å². The first-order valence-corrected chi connectivity index (χ1v) is 5.91. The molecule has 2 N–H and O–H groups in total. The topological polar surface area (TPSA) is 49.8 Å². The molecule has 1 aromatic heterocycles. The number of aromatic nitrogens is 2. The Morgan fingerprint density at radius 2 is 1.80 bits per heavy atom. The number of alkyl halides is 3. The summed E-state index contributed by atoms with van der Waals surface area (Å²) in [7, 11) is 1.68. The lowest BCUT2D eigenvalue weighted by Crippen LogP contribution is -2.06. The maximum atomic E-state index is 12.7. The monoisotopic (exact) mass is 302 g/mol. The smallest absolute Gasteiger partial charge is 0.373 e. The molecule has 0 spiro atoms. The molecule has 4 nitrogen and oxygen atoms in total. The zero-order valence-electron chi connectivity index (χ0n) is 10.3. The second-order valence-electron chi connectivity index (χ2n) is 3.86. The molecule has 106 valence electrons. The van der Waals surface area contributed by atoms with Crippen molar-refractivity contribution in [1.82, 2.24) is 9.97 Å². The van der Waals surface area contributed by atoms with Gasteiger partial charge in [-0.2, -0.15) is 13.2 Å². The third-order valence-corrected chi connectivity index (χ3v) is 2.80. The van der Waals surface area contributed by atoms with Gasteiger partial charge in [0, 0.05) is 18.8 Å². The fourth-order valence-corrected chi connectivity index (χ4v) is 1.76. The predicted molar refractivity (Wildman–Crippen MR) is 71.3 cm³/mol. The van der Waals surface area contributed by atoms with Gasteiger partial charge in [-0.1, -0.05) is 11.6 Å². The summed E-state index contributed by atoms with van der Waals surface area (Å²) in [5, 5.41) is 5.23. The standard InChI is InChI=1S/C12H10ClF3N4/c1-17-10-5-11(19-6-18-10)20-7-2-3-9(13)8(4-7)12(14,15)16/h2-6H,1H3,(H2,17,18,19,20). The number of nitrogens with zero attached hydrogens (tertiary/aromatic N) is 2. The Morgan fingerprint density at radius 3 is 2.45 bits per heavy atom. The van der Waals surface area contributed by atoms with Crippen LogP contribution in [0.1, 0.15) is 5.56 Å². The summed E-state index contributed by atoms with van der Waals surface area (Å²) in [4.78, 5) is 7.83. The average Bonchev–Trinajstić information content (AvgIpc) is 2.40. The van der Waals surface area contributed by atoms with Crippen LogP contribution in [0, 0.1) is 0 Å². The van der Waals surface area contributed by atoms with Crippen molar-refractivity contribution in [3.05, 3.63) is 41.2 Å². The Bertz CT molecular complexity index is 616. The molecule has 0 unspecified atom stereocenters. The molecule has 0 saturated heterocycles. The first kappa shape index (κ1) is 14.4. The van der Waals surface area contributed by atoms with E-state index < -0.39 is 11.7 Å². The fourth-order valence-electron chi connectivity index (χ4n) is 1.53. The molecule has 0 amide bonds. The molecule has 2 aromatic rings. The van der Waals surface area contributed by atoms with Gasteiger partial charge in [0.25, 0.3) is 0 Å². The molecule has 0 saturated carbocycles. The van der Waals surface area contributed by atoms with Gasteiger partial charge in [0.15, 0.2) is 0 Å². The number of nitrogens with one attached hydrogen (secondary N) is 2. The van der Waals surface area contributed by atoms with Crippen molar-refractivity contribution in [2.45, 2.75) is 6.18 Å². The highest BCUT2D eigenvalue weighted by atomic mass is 35.5. The second kappa shape index (κ2) is 5.54. The maximum Gasteiger partial charge on any atom is 0.417 e. The number of anilines is 3. The van der Waals surface area contributed by atoms with Crippen molar-refractivity contribution in [2.24, 2.45) is 0 Å². The van der Waals surface area contributed by atoms with E-state index in [1.807, 2.05) is 0 Å². The van der Waals surface area contributed by atoms with Crippen LogP contribution in [0.15, 0.2) is 30.6 Å². The highest BCUT2D eigenvalue weighted by Gasteiger charge is 2.33. The van der Waals surface area contributed by atoms with Crippen LogP contribution in [0.5, 0.6) is 0 Å². The molecule has 0 atom stereocenters. The Kier molecular flexibility index (Phi) is 3.99. The maximum absolute atomic E-state index is 12.7. The molecule has 0 aliphatic heterocycles. The van der Waals surface area contributed by atoms with E-state index in [0.29, 0.717) is 11.6 Å². The Hall–Kier alpha value is -2.02. The van der Waals surface area contributed by atoms with Gasteiger partial charge in [0.05, 0.1) is 10.6 Å². The van der Waals surface area contributed by atoms with E-state index in [9.17, 15) is 13.2 Å². The number of benzene rings is 1. The van der Waals surface area contributed by atoms with Crippen molar-refractivity contribution >= 4 is 28.9 Å². The van der Waals surface area contributed by atoms with Crippen molar-refractivity contribution in [1.29, 1.82) is 0 Å². The van der Waals surface area contributed by atoms with Crippen molar-refractivity contribution < 1.29 is 13.2 Å². The van der Waals surface area contributed by atoms with Crippen LogP contribution in [-0.4, -0.2) is 17.0 Å². The van der Waals surface area contributed by atoms with Gasteiger partial charge in [-0.15, -0.1) is 0 Å². The summed E-state index contributed by atoms with van der Waals surface area (Å²) in [6.45, 7) is 0. The van der Waals surface area contributed by atoms with Crippen molar-refractivity contribution in [2.75, 3.05) is 17.7 Å². The van der Waals surface area contributed by atoms with Crippen LogP contribution >= 0.6 is 11.6 Å². The lowest BCUT2D eigenvalue weighted by molar-refractivity contribution is -0.137. The van der Waals surface area contributed by atoms with E-state index in [0.717, 1.165) is 6.07 Å². The van der Waals surface area contributed by atoms with Crippen LogP contribution in [0.25, 0.3) is 0 Å². The molecule has 0 aliphatic rings. The average molecular weight is 303 g/mol. The van der Waals surface area contributed by atoms with Gasteiger partial charge in [-0.25, -0.2) is 9.97 Å². The highest BCUT2D eigenvalue weighted by Crippen LogP contribution is 2.36. The summed E-state index contributed by atoms with van der Waals surface area (Å²) in [6.07, 6.45) is -3.20. The molecule has 0 aliphatic carbocycles. The van der Waals surface area contributed by atoms with Crippen LogP contribution in [-0.2, 0) is 6.18 Å². The number of hydrogen-bond acceptors (Lipinski definition) is 4. The zero-order chi connectivity index (χ0) is 14.8. The molecule has 0 bridgehead atoms. The van der Waals surface area contributed by atoms with Gasteiger partial charge in [-0.3, -0.25) is 0 Å². The Morgan fingerprint density at radius 1 is 1.10 bits per heavy atom. The van der Waals surface area contributed by atoms with Crippen LogP contribution in [0.2, 0.25) is 5.02 Å². The minimum Gasteiger partial charge on any atom is -0.373 e. The van der Waals surface area contributed by atoms with Gasteiger partial charge in [0.1, 0.15) is 18.0 Å². The van der Waals surface area contributed by atoms with E-state index in [2.05, 4.69) is 20.6 Å². The van der Waals surface area contributed by atoms with Gasteiger partial charge < -0.3 is 10.6 Å². The first-order chi connectivity index (χ1) is 9.40. The molecular formula is C12H10ClF3N4. The summed E-state index contributed by atoms with van der Waals surface area (Å²) >= 11 is 5.55. The van der Waals surface area contributed by atoms with Crippen LogP contribution in [0.3, 0.4) is 0 Å². The van der Waals surface area contributed by atoms with Crippen LogP contribution < -0.4 is 10.6 Å². The normalized spacial score (nSPS) is 11.2. The molecule has 1 heterocycles. The van der Waals surface area contributed by atoms with Gasteiger partial charge in [-0.05, 0) is 18.2 Å². The quantitative estimate of drug-likeness (QED) is 0.902. The number of hydrogen-bond donors (Lipinski definition) is 2. The number of rotatable bonds is 3. The summed E-state index contributed by atoms with van der Waals surface area (Å²) in [5.41, 5.74) is -0.658. The van der Waals surface area contributed by atoms with Crippen molar-refractivity contribution in [3.63, 3.8) is 0 Å². The molecule has 0 fully saturated rings. The third kappa shape index (κ3) is 3.30. The van der Waals surface area contributed by atoms with E-state index in [1.54, 1.807) is 13.1 Å².